The quantitative estimate of drug-likeness (QED) is 0.384. The summed E-state index contributed by atoms with van der Waals surface area (Å²) in [5, 5.41) is 10.6. The predicted octanol–water partition coefficient (Wildman–Crippen LogP) is 2.65. The summed E-state index contributed by atoms with van der Waals surface area (Å²) in [6, 6.07) is 4.08. The molecule has 0 spiro atoms. The molecule has 8 heteroatoms. The maximum Gasteiger partial charge on any atom is 0.391 e. The molecule has 0 aliphatic rings. The maximum absolute atomic E-state index is 11.8. The maximum atomic E-state index is 11.8. The van der Waals surface area contributed by atoms with E-state index in [1.165, 1.54) is 18.2 Å². The van der Waals surface area contributed by atoms with E-state index >= 15 is 0 Å². The van der Waals surface area contributed by atoms with Crippen LogP contribution in [-0.2, 0) is 11.3 Å². The fraction of sp³-hybridized carbons (Fsp3) is 0.400. The minimum Gasteiger partial charge on any atom is -0.393 e. The number of nitro benzene ring substituents is 1. The normalized spacial score (nSPS) is 11.5. The molecule has 0 radical (unpaired) electrons. The third-order valence-corrected chi connectivity index (χ3v) is 2.16. The standard InChI is InChI=1S/C10H11F3N2O3/c11-10(12,13)4-5-18-6-7-2-1-3-8(9(7)14)15(16)17/h1-3H,4-6,14H2. The van der Waals surface area contributed by atoms with Gasteiger partial charge in [0.05, 0.1) is 24.6 Å². The Balaban J connectivity index is 2.58. The zero-order chi connectivity index (χ0) is 13.8. The van der Waals surface area contributed by atoms with E-state index < -0.39 is 24.1 Å². The van der Waals surface area contributed by atoms with Crippen LogP contribution in [0, 0.1) is 10.1 Å². The molecule has 0 aromatic heterocycles. The average molecular weight is 264 g/mol. The number of halogens is 3. The molecule has 0 amide bonds. The number of hydrogen-bond acceptors (Lipinski definition) is 4. The van der Waals surface area contributed by atoms with E-state index in [0.29, 0.717) is 5.56 Å². The molecule has 0 unspecified atom stereocenters. The van der Waals surface area contributed by atoms with Gasteiger partial charge in [-0.25, -0.2) is 0 Å². The van der Waals surface area contributed by atoms with Gasteiger partial charge in [-0.05, 0) is 0 Å². The molecule has 0 bridgehead atoms. The highest BCUT2D eigenvalue weighted by Crippen LogP contribution is 2.25. The van der Waals surface area contributed by atoms with Gasteiger partial charge in [0.1, 0.15) is 5.69 Å². The first-order valence-electron chi connectivity index (χ1n) is 4.97. The number of hydrogen-bond donors (Lipinski definition) is 1. The minimum absolute atomic E-state index is 0.0884. The summed E-state index contributed by atoms with van der Waals surface area (Å²) in [4.78, 5) is 9.91. The van der Waals surface area contributed by atoms with E-state index in [1.807, 2.05) is 0 Å². The summed E-state index contributed by atoms with van der Waals surface area (Å²) >= 11 is 0. The second kappa shape index (κ2) is 5.67. The molecule has 0 saturated heterocycles. The number of benzene rings is 1. The molecule has 0 fully saturated rings. The second-order valence-corrected chi connectivity index (χ2v) is 3.52. The van der Waals surface area contributed by atoms with Gasteiger partial charge >= 0.3 is 6.18 Å². The van der Waals surface area contributed by atoms with Gasteiger partial charge < -0.3 is 10.5 Å². The van der Waals surface area contributed by atoms with Crippen molar-refractivity contribution in [2.24, 2.45) is 0 Å². The molecule has 18 heavy (non-hydrogen) atoms. The first-order valence-corrected chi connectivity index (χ1v) is 4.97. The molecule has 0 atom stereocenters. The molecule has 0 aliphatic heterocycles. The molecule has 0 saturated carbocycles. The van der Waals surface area contributed by atoms with E-state index in [9.17, 15) is 23.3 Å². The van der Waals surface area contributed by atoms with Crippen molar-refractivity contribution >= 4 is 11.4 Å². The van der Waals surface area contributed by atoms with Crippen LogP contribution in [-0.4, -0.2) is 17.7 Å². The molecular formula is C10H11F3N2O3. The van der Waals surface area contributed by atoms with Crippen molar-refractivity contribution in [1.82, 2.24) is 0 Å². The number of alkyl halides is 3. The van der Waals surface area contributed by atoms with Crippen molar-refractivity contribution in [2.45, 2.75) is 19.2 Å². The van der Waals surface area contributed by atoms with Gasteiger partial charge in [0.2, 0.25) is 0 Å². The Labute approximate surface area is 100 Å². The van der Waals surface area contributed by atoms with Crippen LogP contribution in [0.1, 0.15) is 12.0 Å². The van der Waals surface area contributed by atoms with E-state index in [4.69, 9.17) is 10.5 Å². The van der Waals surface area contributed by atoms with Crippen LogP contribution in [0.3, 0.4) is 0 Å². The Morgan fingerprint density at radius 2 is 2.06 bits per heavy atom. The molecule has 0 heterocycles. The summed E-state index contributed by atoms with van der Waals surface area (Å²) in [6.45, 7) is -0.699. The van der Waals surface area contributed by atoms with Gasteiger partial charge in [-0.1, -0.05) is 12.1 Å². The molecule has 100 valence electrons. The van der Waals surface area contributed by atoms with Crippen LogP contribution < -0.4 is 5.73 Å². The third kappa shape index (κ3) is 4.21. The van der Waals surface area contributed by atoms with Crippen molar-refractivity contribution in [3.05, 3.63) is 33.9 Å². The molecule has 0 aliphatic carbocycles. The van der Waals surface area contributed by atoms with Gasteiger partial charge in [-0.2, -0.15) is 13.2 Å². The molecule has 1 rings (SSSR count). The fourth-order valence-electron chi connectivity index (χ4n) is 1.25. The topological polar surface area (TPSA) is 78.4 Å². The van der Waals surface area contributed by atoms with Crippen LogP contribution in [0.4, 0.5) is 24.5 Å². The third-order valence-electron chi connectivity index (χ3n) is 2.16. The summed E-state index contributed by atoms with van der Waals surface area (Å²) in [5.74, 6) is 0. The first-order chi connectivity index (χ1) is 8.31. The van der Waals surface area contributed by atoms with Crippen LogP contribution in [0.5, 0.6) is 0 Å². The van der Waals surface area contributed by atoms with Crippen molar-refractivity contribution in [3.63, 3.8) is 0 Å². The molecule has 1 aromatic carbocycles. The van der Waals surface area contributed by atoms with Crippen molar-refractivity contribution in [3.8, 4) is 0 Å². The van der Waals surface area contributed by atoms with E-state index in [2.05, 4.69) is 0 Å². The van der Waals surface area contributed by atoms with Gasteiger partial charge in [0.15, 0.2) is 0 Å². The lowest BCUT2D eigenvalue weighted by Gasteiger charge is -2.09. The van der Waals surface area contributed by atoms with Crippen LogP contribution in [0.25, 0.3) is 0 Å². The SMILES string of the molecule is Nc1c(COCCC(F)(F)F)cccc1[N+](=O)[O-]. The summed E-state index contributed by atoms with van der Waals surface area (Å²) in [6.07, 6.45) is -5.35. The highest BCUT2D eigenvalue weighted by atomic mass is 19.4. The number of nitrogens with two attached hydrogens (primary N) is 1. The fourth-order valence-corrected chi connectivity index (χ4v) is 1.25. The van der Waals surface area contributed by atoms with Gasteiger partial charge in [-0.3, -0.25) is 10.1 Å². The summed E-state index contributed by atoms with van der Waals surface area (Å²) in [7, 11) is 0. The number of nitrogens with zero attached hydrogens (tertiary/aromatic N) is 1. The summed E-state index contributed by atoms with van der Waals surface area (Å²) < 4.78 is 40.3. The largest absolute Gasteiger partial charge is 0.393 e. The van der Waals surface area contributed by atoms with Gasteiger partial charge in [0, 0.05) is 11.6 Å². The molecule has 5 nitrogen and oxygen atoms in total. The van der Waals surface area contributed by atoms with E-state index in [0.717, 1.165) is 0 Å². The van der Waals surface area contributed by atoms with Crippen molar-refractivity contribution < 1.29 is 22.8 Å². The van der Waals surface area contributed by atoms with Crippen LogP contribution in [0.2, 0.25) is 0 Å². The smallest absolute Gasteiger partial charge is 0.391 e. The lowest BCUT2D eigenvalue weighted by molar-refractivity contribution is -0.384. The highest BCUT2D eigenvalue weighted by molar-refractivity contribution is 5.62. The Morgan fingerprint density at radius 1 is 1.39 bits per heavy atom. The zero-order valence-corrected chi connectivity index (χ0v) is 9.24. The molecule has 1 aromatic rings. The van der Waals surface area contributed by atoms with Gasteiger partial charge in [0.25, 0.3) is 5.69 Å². The van der Waals surface area contributed by atoms with Gasteiger partial charge in [-0.15, -0.1) is 0 Å². The molecular weight excluding hydrogens is 253 g/mol. The van der Waals surface area contributed by atoms with Crippen molar-refractivity contribution in [1.29, 1.82) is 0 Å². The second-order valence-electron chi connectivity index (χ2n) is 3.52. The number of nitro groups is 1. The Bertz CT molecular complexity index is 435. The lowest BCUT2D eigenvalue weighted by atomic mass is 10.1. The summed E-state index contributed by atoms with van der Waals surface area (Å²) in [5.41, 5.74) is 5.43. The minimum atomic E-state index is -4.28. The van der Waals surface area contributed by atoms with Crippen LogP contribution in [0.15, 0.2) is 18.2 Å². The molecule has 2 N–H and O–H groups in total. The Hall–Kier alpha value is -1.83. The van der Waals surface area contributed by atoms with E-state index in [-0.39, 0.29) is 18.0 Å². The number of rotatable bonds is 5. The number of para-hydroxylation sites is 1. The van der Waals surface area contributed by atoms with Crippen LogP contribution >= 0.6 is 0 Å². The van der Waals surface area contributed by atoms with Crippen molar-refractivity contribution in [2.75, 3.05) is 12.3 Å². The van der Waals surface area contributed by atoms with E-state index in [1.54, 1.807) is 0 Å². The average Bonchev–Trinajstić information content (AvgIpc) is 2.24. The first kappa shape index (κ1) is 14.2. The predicted molar refractivity (Wildman–Crippen MR) is 57.8 cm³/mol. The lowest BCUT2D eigenvalue weighted by Crippen LogP contribution is -2.12. The number of anilines is 1. The Morgan fingerprint density at radius 3 is 2.61 bits per heavy atom. The highest BCUT2D eigenvalue weighted by Gasteiger charge is 2.26. The zero-order valence-electron chi connectivity index (χ0n) is 9.24. The number of nitrogen functional groups attached to an aromatic ring is 1. The number of ether oxygens (including phenoxy) is 1. The Kier molecular flexibility index (Phi) is 4.49. The monoisotopic (exact) mass is 264 g/mol.